The molecule has 0 spiro atoms. The van der Waals surface area contributed by atoms with Crippen molar-refractivity contribution in [3.63, 3.8) is 0 Å². The maximum atomic E-state index is 10.1. The number of nitrogens with zero attached hydrogens (tertiary/aromatic N) is 2. The zero-order chi connectivity index (χ0) is 12.3. The van der Waals surface area contributed by atoms with Crippen molar-refractivity contribution in [3.05, 3.63) is 59.2 Å². The largest absolute Gasteiger partial charge is 0.386 e. The van der Waals surface area contributed by atoms with Crippen LogP contribution in [0.5, 0.6) is 0 Å². The zero-order valence-electron chi connectivity index (χ0n) is 10.1. The molecule has 0 aliphatic heterocycles. The van der Waals surface area contributed by atoms with E-state index in [9.17, 15) is 5.11 Å². The molecule has 17 heavy (non-hydrogen) atoms. The number of aromatic nitrogens is 2. The van der Waals surface area contributed by atoms with E-state index in [1.807, 2.05) is 32.0 Å². The summed E-state index contributed by atoms with van der Waals surface area (Å²) in [5.74, 6) is 0.686. The first kappa shape index (κ1) is 11.7. The number of benzene rings is 1. The van der Waals surface area contributed by atoms with Gasteiger partial charge in [-0.1, -0.05) is 29.8 Å². The van der Waals surface area contributed by atoms with Gasteiger partial charge < -0.3 is 5.11 Å². The molecule has 0 fully saturated rings. The van der Waals surface area contributed by atoms with E-state index in [4.69, 9.17) is 0 Å². The second-order valence-electron chi connectivity index (χ2n) is 4.24. The summed E-state index contributed by atoms with van der Waals surface area (Å²) >= 11 is 0. The van der Waals surface area contributed by atoms with Crippen LogP contribution in [0.3, 0.4) is 0 Å². The van der Waals surface area contributed by atoms with E-state index in [0.29, 0.717) is 17.9 Å². The average molecular weight is 228 g/mol. The average Bonchev–Trinajstić information content (AvgIpc) is 2.29. The van der Waals surface area contributed by atoms with Crippen molar-refractivity contribution >= 4 is 0 Å². The molecule has 2 aromatic rings. The van der Waals surface area contributed by atoms with Crippen LogP contribution in [-0.2, 0) is 6.42 Å². The third-order valence-corrected chi connectivity index (χ3v) is 2.65. The summed E-state index contributed by atoms with van der Waals surface area (Å²) < 4.78 is 0. The third kappa shape index (κ3) is 3.11. The second-order valence-corrected chi connectivity index (χ2v) is 4.24. The molecule has 0 amide bonds. The molecule has 1 heterocycles. The SMILES string of the molecule is Cc1cccc(CC(O)c2ccnc(C)n2)c1. The summed E-state index contributed by atoms with van der Waals surface area (Å²) in [5, 5.41) is 10.1. The number of aryl methyl sites for hydroxylation is 2. The quantitative estimate of drug-likeness (QED) is 0.877. The van der Waals surface area contributed by atoms with Crippen molar-refractivity contribution in [2.24, 2.45) is 0 Å². The Bertz CT molecular complexity index is 511. The highest BCUT2D eigenvalue weighted by Gasteiger charge is 2.10. The van der Waals surface area contributed by atoms with Crippen molar-refractivity contribution in [1.82, 2.24) is 9.97 Å². The number of hydrogen-bond acceptors (Lipinski definition) is 3. The van der Waals surface area contributed by atoms with E-state index in [-0.39, 0.29) is 0 Å². The highest BCUT2D eigenvalue weighted by Crippen LogP contribution is 2.16. The normalized spacial score (nSPS) is 12.4. The van der Waals surface area contributed by atoms with Crippen molar-refractivity contribution in [3.8, 4) is 0 Å². The molecule has 0 aliphatic rings. The first-order valence-electron chi connectivity index (χ1n) is 5.68. The van der Waals surface area contributed by atoms with Gasteiger partial charge in [0.15, 0.2) is 0 Å². The molecule has 3 heteroatoms. The molecule has 0 radical (unpaired) electrons. The topological polar surface area (TPSA) is 46.0 Å². The van der Waals surface area contributed by atoms with E-state index in [1.54, 1.807) is 12.3 Å². The maximum Gasteiger partial charge on any atom is 0.125 e. The maximum absolute atomic E-state index is 10.1. The van der Waals surface area contributed by atoms with Crippen LogP contribution in [0.4, 0.5) is 0 Å². The Morgan fingerprint density at radius 2 is 2.06 bits per heavy atom. The van der Waals surface area contributed by atoms with Crippen molar-refractivity contribution in [1.29, 1.82) is 0 Å². The first-order chi connectivity index (χ1) is 8.15. The highest BCUT2D eigenvalue weighted by atomic mass is 16.3. The Morgan fingerprint density at radius 3 is 2.76 bits per heavy atom. The van der Waals surface area contributed by atoms with Gasteiger partial charge >= 0.3 is 0 Å². The van der Waals surface area contributed by atoms with E-state index < -0.39 is 6.10 Å². The van der Waals surface area contributed by atoms with Crippen LogP contribution in [0.1, 0.15) is 28.7 Å². The zero-order valence-corrected chi connectivity index (χ0v) is 10.1. The summed E-state index contributed by atoms with van der Waals surface area (Å²) in [6.45, 7) is 3.87. The van der Waals surface area contributed by atoms with Gasteiger partial charge in [-0.3, -0.25) is 0 Å². The van der Waals surface area contributed by atoms with Gasteiger partial charge in [0.05, 0.1) is 5.69 Å². The number of hydrogen-bond donors (Lipinski definition) is 1. The Labute approximate surface area is 101 Å². The lowest BCUT2D eigenvalue weighted by molar-refractivity contribution is 0.173. The molecule has 1 N–H and O–H groups in total. The number of rotatable bonds is 3. The smallest absolute Gasteiger partial charge is 0.125 e. The Hall–Kier alpha value is -1.74. The van der Waals surface area contributed by atoms with E-state index in [2.05, 4.69) is 16.0 Å². The minimum atomic E-state index is -0.571. The molecule has 1 unspecified atom stereocenters. The van der Waals surface area contributed by atoms with Crippen LogP contribution in [0.2, 0.25) is 0 Å². The van der Waals surface area contributed by atoms with Crippen LogP contribution in [0.15, 0.2) is 36.5 Å². The predicted octanol–water partition coefficient (Wildman–Crippen LogP) is 2.37. The standard InChI is InChI=1S/C14H16N2O/c1-10-4-3-5-12(8-10)9-14(17)13-6-7-15-11(2)16-13/h3-8,14,17H,9H2,1-2H3. The molecule has 0 saturated heterocycles. The molecule has 2 rings (SSSR count). The van der Waals surface area contributed by atoms with Gasteiger partial charge in [0, 0.05) is 12.6 Å². The molecule has 3 nitrogen and oxygen atoms in total. The monoisotopic (exact) mass is 228 g/mol. The second kappa shape index (κ2) is 5.06. The van der Waals surface area contributed by atoms with Gasteiger partial charge in [0.1, 0.15) is 11.9 Å². The van der Waals surface area contributed by atoms with Crippen LogP contribution in [-0.4, -0.2) is 15.1 Å². The van der Waals surface area contributed by atoms with E-state index in [1.165, 1.54) is 5.56 Å². The molecule has 1 aromatic carbocycles. The fraction of sp³-hybridized carbons (Fsp3) is 0.286. The van der Waals surface area contributed by atoms with Gasteiger partial charge in [0.2, 0.25) is 0 Å². The lowest BCUT2D eigenvalue weighted by Crippen LogP contribution is -2.05. The minimum absolute atomic E-state index is 0.571. The number of aliphatic hydroxyl groups is 1. The van der Waals surface area contributed by atoms with Crippen molar-refractivity contribution < 1.29 is 5.11 Å². The molecule has 1 atom stereocenters. The molecular weight excluding hydrogens is 212 g/mol. The molecule has 88 valence electrons. The Balaban J connectivity index is 2.14. The summed E-state index contributed by atoms with van der Waals surface area (Å²) in [7, 11) is 0. The van der Waals surface area contributed by atoms with Gasteiger partial charge in [-0.2, -0.15) is 0 Å². The highest BCUT2D eigenvalue weighted by molar-refractivity contribution is 5.23. The molecular formula is C14H16N2O. The van der Waals surface area contributed by atoms with Gasteiger partial charge in [0.25, 0.3) is 0 Å². The van der Waals surface area contributed by atoms with Crippen LogP contribution < -0.4 is 0 Å². The van der Waals surface area contributed by atoms with Gasteiger partial charge in [-0.25, -0.2) is 9.97 Å². The predicted molar refractivity (Wildman–Crippen MR) is 66.6 cm³/mol. The lowest BCUT2D eigenvalue weighted by atomic mass is 10.0. The minimum Gasteiger partial charge on any atom is -0.386 e. The Morgan fingerprint density at radius 1 is 1.24 bits per heavy atom. The summed E-state index contributed by atoms with van der Waals surface area (Å²) in [6.07, 6.45) is 1.69. The third-order valence-electron chi connectivity index (χ3n) is 2.65. The lowest BCUT2D eigenvalue weighted by Gasteiger charge is -2.10. The fourth-order valence-corrected chi connectivity index (χ4v) is 1.83. The van der Waals surface area contributed by atoms with Crippen LogP contribution >= 0.6 is 0 Å². The molecule has 0 bridgehead atoms. The fourth-order valence-electron chi connectivity index (χ4n) is 1.83. The molecule has 0 aliphatic carbocycles. The molecule has 1 aromatic heterocycles. The summed E-state index contributed by atoms with van der Waals surface area (Å²) in [4.78, 5) is 8.25. The summed E-state index contributed by atoms with van der Waals surface area (Å²) in [5.41, 5.74) is 3.00. The Kier molecular flexibility index (Phi) is 3.49. The van der Waals surface area contributed by atoms with Crippen LogP contribution in [0, 0.1) is 13.8 Å². The van der Waals surface area contributed by atoms with E-state index >= 15 is 0 Å². The number of aliphatic hydroxyl groups excluding tert-OH is 1. The van der Waals surface area contributed by atoms with E-state index in [0.717, 1.165) is 5.56 Å². The van der Waals surface area contributed by atoms with Gasteiger partial charge in [-0.05, 0) is 25.5 Å². The van der Waals surface area contributed by atoms with Crippen LogP contribution in [0.25, 0.3) is 0 Å². The van der Waals surface area contributed by atoms with Gasteiger partial charge in [-0.15, -0.1) is 0 Å². The first-order valence-corrected chi connectivity index (χ1v) is 5.68. The van der Waals surface area contributed by atoms with Crippen molar-refractivity contribution in [2.45, 2.75) is 26.4 Å². The summed E-state index contributed by atoms with van der Waals surface area (Å²) in [6, 6.07) is 9.91. The molecule has 0 saturated carbocycles. The van der Waals surface area contributed by atoms with Crippen molar-refractivity contribution in [2.75, 3.05) is 0 Å².